The van der Waals surface area contributed by atoms with Crippen LogP contribution in [0.3, 0.4) is 0 Å². The molecule has 0 heterocycles. The molecule has 0 fully saturated rings. The molecule has 0 aromatic carbocycles. The molecule has 0 saturated heterocycles. The first kappa shape index (κ1) is 12.4. The van der Waals surface area contributed by atoms with Crippen molar-refractivity contribution < 1.29 is 9.53 Å². The summed E-state index contributed by atoms with van der Waals surface area (Å²) >= 11 is 0. The quantitative estimate of drug-likeness (QED) is 0.454. The molecule has 0 saturated carbocycles. The molecule has 0 unspecified atom stereocenters. The Kier molecular flexibility index (Phi) is 7.63. The van der Waals surface area contributed by atoms with Crippen molar-refractivity contribution in [2.75, 3.05) is 39.8 Å². The number of hydrogen-bond acceptors (Lipinski definition) is 4. The van der Waals surface area contributed by atoms with Crippen molar-refractivity contribution in [3.8, 4) is 0 Å². The van der Waals surface area contributed by atoms with Gasteiger partial charge in [0.25, 0.3) is 0 Å². The number of nitrogens with zero attached hydrogens (tertiary/aromatic N) is 1. The fourth-order valence-electron chi connectivity index (χ4n) is 0.942. The molecule has 0 aromatic heterocycles. The molecule has 13 heavy (non-hydrogen) atoms. The molecular formula is C9H20N2O2. The summed E-state index contributed by atoms with van der Waals surface area (Å²) < 4.78 is 4.97. The van der Waals surface area contributed by atoms with E-state index in [-0.39, 0.29) is 5.97 Å². The minimum Gasteiger partial charge on any atom is -0.463 e. The van der Waals surface area contributed by atoms with Gasteiger partial charge in [0.2, 0.25) is 0 Å². The highest BCUT2D eigenvalue weighted by Crippen LogP contribution is 1.88. The predicted molar refractivity (Wildman–Crippen MR) is 52.7 cm³/mol. The van der Waals surface area contributed by atoms with Crippen molar-refractivity contribution in [2.24, 2.45) is 0 Å². The lowest BCUT2D eigenvalue weighted by atomic mass is 10.5. The van der Waals surface area contributed by atoms with Crippen molar-refractivity contribution in [1.82, 2.24) is 10.2 Å². The molecular weight excluding hydrogens is 168 g/mol. The number of ether oxygens (including phenoxy) is 1. The third kappa shape index (κ3) is 6.54. The number of likely N-dealkylation sites (N-methyl/N-ethyl adjacent to an activating group) is 2. The Balaban J connectivity index is 3.48. The Hall–Kier alpha value is -0.610. The van der Waals surface area contributed by atoms with E-state index in [2.05, 4.69) is 5.32 Å². The van der Waals surface area contributed by atoms with Crippen molar-refractivity contribution in [1.29, 1.82) is 0 Å². The normalized spacial score (nSPS) is 10.5. The molecule has 0 amide bonds. The average Bonchev–Trinajstić information content (AvgIpc) is 2.14. The molecule has 4 heteroatoms. The second-order valence-electron chi connectivity index (χ2n) is 2.79. The molecule has 0 aliphatic carbocycles. The Bertz CT molecular complexity index is 136. The van der Waals surface area contributed by atoms with Crippen LogP contribution in [-0.2, 0) is 9.53 Å². The van der Waals surface area contributed by atoms with Crippen LogP contribution >= 0.6 is 0 Å². The standard InChI is InChI=1S/C9H20N2O2/c1-4-11(5-2)8-9(12)13-7-6-10-3/h10H,4-8H2,1-3H3. The van der Waals surface area contributed by atoms with Gasteiger partial charge < -0.3 is 10.1 Å². The molecule has 0 aromatic rings. The van der Waals surface area contributed by atoms with Gasteiger partial charge in [-0.05, 0) is 20.1 Å². The highest BCUT2D eigenvalue weighted by molar-refractivity contribution is 5.71. The molecule has 78 valence electrons. The maximum atomic E-state index is 11.2. The van der Waals surface area contributed by atoms with Gasteiger partial charge in [-0.1, -0.05) is 13.8 Å². The fourth-order valence-corrected chi connectivity index (χ4v) is 0.942. The van der Waals surface area contributed by atoms with Crippen molar-refractivity contribution in [2.45, 2.75) is 13.8 Å². The molecule has 0 aliphatic heterocycles. The largest absolute Gasteiger partial charge is 0.463 e. The minimum absolute atomic E-state index is 0.140. The van der Waals surface area contributed by atoms with Gasteiger partial charge in [0, 0.05) is 6.54 Å². The summed E-state index contributed by atoms with van der Waals surface area (Å²) in [5.74, 6) is -0.140. The summed E-state index contributed by atoms with van der Waals surface area (Å²) in [4.78, 5) is 13.2. The zero-order chi connectivity index (χ0) is 10.1. The van der Waals surface area contributed by atoms with Gasteiger partial charge in [0.1, 0.15) is 6.61 Å². The third-order valence-electron chi connectivity index (χ3n) is 1.86. The highest BCUT2D eigenvalue weighted by atomic mass is 16.5. The van der Waals surface area contributed by atoms with Gasteiger partial charge in [0.15, 0.2) is 0 Å². The number of carbonyl (C=O) groups is 1. The van der Waals surface area contributed by atoms with Gasteiger partial charge >= 0.3 is 5.97 Å². The van der Waals surface area contributed by atoms with Crippen LogP contribution in [0.15, 0.2) is 0 Å². The van der Waals surface area contributed by atoms with Crippen LogP contribution in [0.1, 0.15) is 13.8 Å². The molecule has 0 rings (SSSR count). The van der Waals surface area contributed by atoms with E-state index in [0.717, 1.165) is 13.1 Å². The lowest BCUT2D eigenvalue weighted by molar-refractivity contribution is -0.144. The zero-order valence-corrected chi connectivity index (χ0v) is 8.80. The number of rotatable bonds is 7. The topological polar surface area (TPSA) is 41.6 Å². The predicted octanol–water partition coefficient (Wildman–Crippen LogP) is 0.0908. The number of hydrogen-bond donors (Lipinski definition) is 1. The van der Waals surface area contributed by atoms with Crippen LogP contribution in [-0.4, -0.2) is 50.7 Å². The summed E-state index contributed by atoms with van der Waals surface area (Å²) in [5, 5.41) is 2.91. The van der Waals surface area contributed by atoms with E-state index in [4.69, 9.17) is 4.74 Å². The number of carbonyl (C=O) groups excluding carboxylic acids is 1. The van der Waals surface area contributed by atoms with Gasteiger partial charge in [-0.3, -0.25) is 9.69 Å². The smallest absolute Gasteiger partial charge is 0.320 e. The molecule has 4 nitrogen and oxygen atoms in total. The van der Waals surface area contributed by atoms with Crippen molar-refractivity contribution in [3.63, 3.8) is 0 Å². The van der Waals surface area contributed by atoms with Crippen molar-refractivity contribution >= 4 is 5.97 Å². The minimum atomic E-state index is -0.140. The second kappa shape index (κ2) is 8.01. The van der Waals surface area contributed by atoms with E-state index < -0.39 is 0 Å². The Morgan fingerprint density at radius 1 is 1.38 bits per heavy atom. The number of esters is 1. The molecule has 0 radical (unpaired) electrons. The summed E-state index contributed by atoms with van der Waals surface area (Å²) in [6, 6.07) is 0. The summed E-state index contributed by atoms with van der Waals surface area (Å²) in [6.07, 6.45) is 0. The van der Waals surface area contributed by atoms with E-state index in [1.165, 1.54) is 0 Å². The van der Waals surface area contributed by atoms with Gasteiger partial charge in [0.05, 0.1) is 6.54 Å². The summed E-state index contributed by atoms with van der Waals surface area (Å²) in [6.45, 7) is 7.40. The van der Waals surface area contributed by atoms with E-state index >= 15 is 0 Å². The molecule has 1 N–H and O–H groups in total. The Labute approximate surface area is 80.2 Å². The average molecular weight is 188 g/mol. The highest BCUT2D eigenvalue weighted by Gasteiger charge is 2.07. The van der Waals surface area contributed by atoms with E-state index in [1.807, 2.05) is 25.8 Å². The third-order valence-corrected chi connectivity index (χ3v) is 1.86. The van der Waals surface area contributed by atoms with Crippen LogP contribution in [0, 0.1) is 0 Å². The first-order valence-corrected chi connectivity index (χ1v) is 4.77. The first-order chi connectivity index (χ1) is 6.24. The Morgan fingerprint density at radius 2 is 2.00 bits per heavy atom. The summed E-state index contributed by atoms with van der Waals surface area (Å²) in [7, 11) is 1.83. The monoisotopic (exact) mass is 188 g/mol. The zero-order valence-electron chi connectivity index (χ0n) is 8.80. The van der Waals surface area contributed by atoms with Crippen molar-refractivity contribution in [3.05, 3.63) is 0 Å². The second-order valence-corrected chi connectivity index (χ2v) is 2.79. The first-order valence-electron chi connectivity index (χ1n) is 4.77. The lowest BCUT2D eigenvalue weighted by Crippen LogP contribution is -2.31. The van der Waals surface area contributed by atoms with E-state index in [9.17, 15) is 4.79 Å². The van der Waals surface area contributed by atoms with Gasteiger partial charge in [-0.2, -0.15) is 0 Å². The fraction of sp³-hybridized carbons (Fsp3) is 0.889. The van der Waals surface area contributed by atoms with Crippen LogP contribution in [0.5, 0.6) is 0 Å². The van der Waals surface area contributed by atoms with Gasteiger partial charge in [-0.15, -0.1) is 0 Å². The maximum Gasteiger partial charge on any atom is 0.320 e. The van der Waals surface area contributed by atoms with Gasteiger partial charge in [-0.25, -0.2) is 0 Å². The molecule has 0 spiro atoms. The van der Waals surface area contributed by atoms with E-state index in [0.29, 0.717) is 19.7 Å². The van der Waals surface area contributed by atoms with Crippen LogP contribution in [0.2, 0.25) is 0 Å². The van der Waals surface area contributed by atoms with E-state index in [1.54, 1.807) is 0 Å². The lowest BCUT2D eigenvalue weighted by Gasteiger charge is -2.16. The molecule has 0 atom stereocenters. The summed E-state index contributed by atoms with van der Waals surface area (Å²) in [5.41, 5.74) is 0. The molecule has 0 bridgehead atoms. The molecule has 0 aliphatic rings. The maximum absolute atomic E-state index is 11.2. The Morgan fingerprint density at radius 3 is 2.46 bits per heavy atom. The number of nitrogens with one attached hydrogen (secondary N) is 1. The van der Waals surface area contributed by atoms with Crippen LogP contribution < -0.4 is 5.32 Å². The van der Waals surface area contributed by atoms with Crippen LogP contribution in [0.4, 0.5) is 0 Å². The van der Waals surface area contributed by atoms with Crippen LogP contribution in [0.25, 0.3) is 0 Å². The SMILES string of the molecule is CCN(CC)CC(=O)OCCNC.